The lowest BCUT2D eigenvalue weighted by molar-refractivity contribution is -0.120. The average Bonchev–Trinajstić information content (AvgIpc) is 3.32. The summed E-state index contributed by atoms with van der Waals surface area (Å²) in [6.07, 6.45) is 1.63. The lowest BCUT2D eigenvalue weighted by atomic mass is 10.4. The molecule has 0 radical (unpaired) electrons. The normalized spacial score (nSPS) is 12.0. The fraction of sp³-hybridized carbons (Fsp3) is 0.267. The molecular weight excluding hydrogens is 364 g/mol. The minimum atomic E-state index is -0.226. The van der Waals surface area contributed by atoms with Crippen molar-refractivity contribution in [2.75, 3.05) is 5.32 Å². The van der Waals surface area contributed by atoms with Crippen LogP contribution in [0.4, 0.5) is 5.13 Å². The number of hydrogen-bond donors (Lipinski definition) is 2. The van der Waals surface area contributed by atoms with Crippen LogP contribution in [0.5, 0.6) is 0 Å². The molecule has 1 atom stereocenters. The molecule has 0 unspecified atom stereocenters. The van der Waals surface area contributed by atoms with Crippen molar-refractivity contribution < 1.29 is 9.21 Å². The topological polar surface area (TPSA) is 80.1 Å². The number of anilines is 1. The molecule has 24 heavy (non-hydrogen) atoms. The van der Waals surface area contributed by atoms with Crippen molar-refractivity contribution >= 4 is 45.5 Å². The zero-order valence-corrected chi connectivity index (χ0v) is 15.3. The lowest BCUT2D eigenvalue weighted by Crippen LogP contribution is -2.30. The number of amides is 1. The van der Waals surface area contributed by atoms with Crippen LogP contribution in [0.25, 0.3) is 0 Å². The number of hydrogen-bond acceptors (Lipinski definition) is 8. The van der Waals surface area contributed by atoms with E-state index in [9.17, 15) is 4.79 Å². The molecule has 2 N–H and O–H groups in total. The Balaban J connectivity index is 1.45. The molecule has 6 nitrogen and oxygen atoms in total. The van der Waals surface area contributed by atoms with E-state index in [1.54, 1.807) is 17.6 Å². The van der Waals surface area contributed by atoms with Gasteiger partial charge in [0.1, 0.15) is 5.76 Å². The first kappa shape index (κ1) is 17.0. The van der Waals surface area contributed by atoms with E-state index in [0.717, 1.165) is 15.0 Å². The summed E-state index contributed by atoms with van der Waals surface area (Å²) in [7, 11) is 0. The lowest BCUT2D eigenvalue weighted by Gasteiger charge is -2.09. The Labute approximate surface area is 151 Å². The van der Waals surface area contributed by atoms with Gasteiger partial charge in [0.05, 0.1) is 24.6 Å². The van der Waals surface area contributed by atoms with Gasteiger partial charge in [0.2, 0.25) is 11.0 Å². The highest BCUT2D eigenvalue weighted by Gasteiger charge is 2.17. The second-order valence-electron chi connectivity index (χ2n) is 4.86. The Bertz CT molecular complexity index is 756. The summed E-state index contributed by atoms with van der Waals surface area (Å²) in [4.78, 5) is 13.3. The molecule has 3 rings (SSSR count). The van der Waals surface area contributed by atoms with Gasteiger partial charge in [-0.2, -0.15) is 0 Å². The van der Waals surface area contributed by atoms with Gasteiger partial charge in [-0.3, -0.25) is 4.79 Å². The van der Waals surface area contributed by atoms with Crippen molar-refractivity contribution in [2.45, 2.75) is 29.6 Å². The quantitative estimate of drug-likeness (QED) is 0.581. The van der Waals surface area contributed by atoms with Crippen molar-refractivity contribution in [3.63, 3.8) is 0 Å². The summed E-state index contributed by atoms with van der Waals surface area (Å²) in [6.45, 7) is 2.99. The van der Waals surface area contributed by atoms with E-state index in [4.69, 9.17) is 4.42 Å². The molecule has 3 heterocycles. The van der Waals surface area contributed by atoms with Gasteiger partial charge in [0.25, 0.3) is 0 Å². The van der Waals surface area contributed by atoms with Crippen LogP contribution in [-0.2, 0) is 17.9 Å². The standard InChI is InChI=1S/C15H16N4O2S3/c1-10(13(20)16-9-12-5-3-7-22-12)23-15-19-18-14(24-15)17-8-11-4-2-6-21-11/h2-7,10H,8-9H2,1H3,(H,16,20)(H,17,18)/t10-/m0/s1. The second kappa shape index (κ2) is 8.32. The zero-order valence-electron chi connectivity index (χ0n) is 12.9. The van der Waals surface area contributed by atoms with Gasteiger partial charge >= 0.3 is 0 Å². The summed E-state index contributed by atoms with van der Waals surface area (Å²) in [5.41, 5.74) is 0. The van der Waals surface area contributed by atoms with E-state index in [1.165, 1.54) is 23.1 Å². The minimum absolute atomic E-state index is 0.00584. The van der Waals surface area contributed by atoms with Gasteiger partial charge in [-0.1, -0.05) is 29.2 Å². The Kier molecular flexibility index (Phi) is 5.89. The third-order valence-electron chi connectivity index (χ3n) is 3.06. The molecule has 0 saturated heterocycles. The van der Waals surface area contributed by atoms with E-state index in [-0.39, 0.29) is 11.2 Å². The van der Waals surface area contributed by atoms with Crippen molar-refractivity contribution in [2.24, 2.45) is 0 Å². The van der Waals surface area contributed by atoms with Crippen LogP contribution in [0, 0.1) is 0 Å². The third kappa shape index (κ3) is 4.83. The number of aromatic nitrogens is 2. The first-order valence-electron chi connectivity index (χ1n) is 7.27. The van der Waals surface area contributed by atoms with E-state index >= 15 is 0 Å². The fourth-order valence-corrected chi connectivity index (χ4v) is 4.40. The molecular formula is C15H16N4O2S3. The summed E-state index contributed by atoms with van der Waals surface area (Å²) in [5, 5.41) is 16.8. The SMILES string of the molecule is C[C@H](Sc1nnc(NCc2ccco2)s1)C(=O)NCc1cccs1. The number of thiophene rings is 1. The van der Waals surface area contributed by atoms with Crippen LogP contribution in [0.15, 0.2) is 44.7 Å². The molecule has 3 aromatic heterocycles. The number of carbonyl (C=O) groups is 1. The Hall–Kier alpha value is -1.84. The molecule has 0 aromatic carbocycles. The highest BCUT2D eigenvalue weighted by Crippen LogP contribution is 2.29. The molecule has 0 saturated carbocycles. The van der Waals surface area contributed by atoms with Crippen molar-refractivity contribution in [3.05, 3.63) is 46.5 Å². The molecule has 9 heteroatoms. The number of rotatable bonds is 8. The van der Waals surface area contributed by atoms with Crippen LogP contribution in [-0.4, -0.2) is 21.4 Å². The average molecular weight is 381 g/mol. The molecule has 0 fully saturated rings. The highest BCUT2D eigenvalue weighted by molar-refractivity contribution is 8.02. The maximum Gasteiger partial charge on any atom is 0.233 e. The number of nitrogens with one attached hydrogen (secondary N) is 2. The third-order valence-corrected chi connectivity index (χ3v) is 6.01. The van der Waals surface area contributed by atoms with Crippen LogP contribution in [0.1, 0.15) is 17.6 Å². The Morgan fingerprint density at radius 3 is 3.00 bits per heavy atom. The van der Waals surface area contributed by atoms with E-state index in [1.807, 2.05) is 36.6 Å². The predicted molar refractivity (Wildman–Crippen MR) is 97.4 cm³/mol. The van der Waals surface area contributed by atoms with Crippen LogP contribution >= 0.6 is 34.4 Å². The zero-order chi connectivity index (χ0) is 16.8. The molecule has 0 aliphatic heterocycles. The van der Waals surface area contributed by atoms with E-state index < -0.39 is 0 Å². The minimum Gasteiger partial charge on any atom is -0.467 e. The molecule has 126 valence electrons. The van der Waals surface area contributed by atoms with E-state index in [0.29, 0.717) is 18.2 Å². The molecule has 0 bridgehead atoms. The molecule has 1 amide bonds. The van der Waals surface area contributed by atoms with Gasteiger partial charge in [0.15, 0.2) is 4.34 Å². The number of thioether (sulfide) groups is 1. The molecule has 0 aliphatic carbocycles. The predicted octanol–water partition coefficient (Wildman–Crippen LogP) is 3.60. The first-order valence-corrected chi connectivity index (χ1v) is 9.85. The largest absolute Gasteiger partial charge is 0.467 e. The van der Waals surface area contributed by atoms with Gasteiger partial charge < -0.3 is 15.1 Å². The van der Waals surface area contributed by atoms with Crippen LogP contribution in [0.2, 0.25) is 0 Å². The van der Waals surface area contributed by atoms with Gasteiger partial charge in [0, 0.05) is 4.88 Å². The van der Waals surface area contributed by atoms with Gasteiger partial charge in [-0.25, -0.2) is 0 Å². The first-order chi connectivity index (χ1) is 11.7. The fourth-order valence-electron chi connectivity index (χ4n) is 1.84. The number of nitrogens with zero attached hydrogens (tertiary/aromatic N) is 2. The van der Waals surface area contributed by atoms with E-state index in [2.05, 4.69) is 20.8 Å². The maximum absolute atomic E-state index is 12.1. The molecule has 0 spiro atoms. The summed E-state index contributed by atoms with van der Waals surface area (Å²) >= 11 is 4.46. The molecule has 0 aliphatic rings. The maximum atomic E-state index is 12.1. The highest BCUT2D eigenvalue weighted by atomic mass is 32.2. The molecule has 3 aromatic rings. The Morgan fingerprint density at radius 1 is 1.33 bits per heavy atom. The number of carbonyl (C=O) groups excluding carboxylic acids is 1. The second-order valence-corrected chi connectivity index (χ2v) is 8.46. The van der Waals surface area contributed by atoms with Gasteiger partial charge in [-0.05, 0) is 30.5 Å². The van der Waals surface area contributed by atoms with Crippen molar-refractivity contribution in [3.8, 4) is 0 Å². The smallest absolute Gasteiger partial charge is 0.233 e. The van der Waals surface area contributed by atoms with Crippen molar-refractivity contribution in [1.82, 2.24) is 15.5 Å². The van der Waals surface area contributed by atoms with Crippen molar-refractivity contribution in [1.29, 1.82) is 0 Å². The van der Waals surface area contributed by atoms with Crippen LogP contribution < -0.4 is 10.6 Å². The summed E-state index contributed by atoms with van der Waals surface area (Å²) in [6, 6.07) is 7.71. The monoisotopic (exact) mass is 380 g/mol. The van der Waals surface area contributed by atoms with Gasteiger partial charge in [-0.15, -0.1) is 21.5 Å². The Morgan fingerprint density at radius 2 is 2.25 bits per heavy atom. The number of furan rings is 1. The summed E-state index contributed by atoms with van der Waals surface area (Å²) in [5.74, 6) is 0.828. The summed E-state index contributed by atoms with van der Waals surface area (Å²) < 4.78 is 6.01. The van der Waals surface area contributed by atoms with Crippen LogP contribution in [0.3, 0.4) is 0 Å².